The average Bonchev–Trinajstić information content (AvgIpc) is 3.14. The minimum Gasteiger partial charge on any atom is -0.337 e. The second-order valence-corrected chi connectivity index (χ2v) is 8.83. The number of anilines is 1. The van der Waals surface area contributed by atoms with Gasteiger partial charge in [0.25, 0.3) is 0 Å². The number of aromatic nitrogens is 2. The fourth-order valence-corrected chi connectivity index (χ4v) is 4.03. The Kier molecular flexibility index (Phi) is 6.28. The molecule has 0 aliphatic carbocycles. The monoisotopic (exact) mass is 390 g/mol. The fraction of sp³-hybridized carbons (Fsp3) is 0.474. The first-order valence-corrected chi connectivity index (χ1v) is 11.1. The van der Waals surface area contributed by atoms with Crippen molar-refractivity contribution in [2.75, 3.05) is 30.6 Å². The molecule has 1 aromatic heterocycles. The van der Waals surface area contributed by atoms with Crippen molar-refractivity contribution in [2.24, 2.45) is 5.92 Å². The third-order valence-corrected chi connectivity index (χ3v) is 5.49. The van der Waals surface area contributed by atoms with Gasteiger partial charge in [-0.2, -0.15) is 0 Å². The second-order valence-electron chi connectivity index (χ2n) is 7.09. The number of hydrogen-bond acceptors (Lipinski definition) is 5. The molecule has 8 heteroatoms. The maximum absolute atomic E-state index is 12.7. The molecule has 1 saturated heterocycles. The van der Waals surface area contributed by atoms with Crippen molar-refractivity contribution in [3.05, 3.63) is 48.5 Å². The maximum Gasteiger partial charge on any atom is 0.229 e. The first kappa shape index (κ1) is 19.6. The topological polar surface area (TPSA) is 84.3 Å². The van der Waals surface area contributed by atoms with E-state index in [2.05, 4.69) is 19.2 Å². The zero-order valence-electron chi connectivity index (χ0n) is 15.5. The van der Waals surface area contributed by atoms with Crippen LogP contribution in [0.4, 0.5) is 5.69 Å². The van der Waals surface area contributed by atoms with Gasteiger partial charge in [-0.1, -0.05) is 0 Å². The van der Waals surface area contributed by atoms with Gasteiger partial charge in [0.05, 0.1) is 12.6 Å². The summed E-state index contributed by atoms with van der Waals surface area (Å²) in [5.74, 6) is 0.197. The van der Waals surface area contributed by atoms with Crippen LogP contribution in [-0.4, -0.2) is 54.5 Å². The molecule has 27 heavy (non-hydrogen) atoms. The number of nitrogens with one attached hydrogen (secondary N) is 1. The van der Waals surface area contributed by atoms with Crippen LogP contribution in [0.15, 0.2) is 43.0 Å². The van der Waals surface area contributed by atoms with Crippen LogP contribution in [0.2, 0.25) is 0 Å². The molecule has 2 aromatic rings. The molecule has 1 fully saturated rings. The number of carbonyl (C=O) groups excluding carboxylic acids is 1. The number of carbonyl (C=O) groups is 1. The molecule has 1 aromatic carbocycles. The Morgan fingerprint density at radius 1 is 1.19 bits per heavy atom. The number of Topliss-reactive ketones (excluding diaryl/α,β-unsaturated/α-hetero) is 1. The summed E-state index contributed by atoms with van der Waals surface area (Å²) in [6.07, 6.45) is 9.52. The predicted molar refractivity (Wildman–Crippen MR) is 105 cm³/mol. The van der Waals surface area contributed by atoms with Gasteiger partial charge in [-0.15, -0.1) is 0 Å². The highest BCUT2D eigenvalue weighted by Gasteiger charge is 2.25. The standard InChI is InChI=1S/C19H26N4O3S/c1-27(25,26)21-18-5-3-16(4-6-18)19(24)17-7-12-22(13-8-17)10-2-11-23-14-9-20-15-23/h3-6,9,14-15,17,21H,2,7-8,10-13H2,1H3. The summed E-state index contributed by atoms with van der Waals surface area (Å²) in [6.45, 7) is 3.87. The number of rotatable bonds is 8. The summed E-state index contributed by atoms with van der Waals surface area (Å²) in [5.41, 5.74) is 1.12. The molecule has 146 valence electrons. The summed E-state index contributed by atoms with van der Waals surface area (Å²) < 4.78 is 27.0. The van der Waals surface area contributed by atoms with Crippen molar-refractivity contribution in [1.29, 1.82) is 0 Å². The molecule has 0 amide bonds. The maximum atomic E-state index is 12.7. The van der Waals surface area contributed by atoms with Crippen LogP contribution in [0.25, 0.3) is 0 Å². The van der Waals surface area contributed by atoms with E-state index in [4.69, 9.17) is 0 Å². The van der Waals surface area contributed by atoms with Crippen LogP contribution in [0.3, 0.4) is 0 Å². The van der Waals surface area contributed by atoms with E-state index in [1.54, 1.807) is 30.5 Å². The van der Waals surface area contributed by atoms with Crippen LogP contribution < -0.4 is 4.72 Å². The minimum atomic E-state index is -3.30. The molecule has 7 nitrogen and oxygen atoms in total. The van der Waals surface area contributed by atoms with E-state index in [1.807, 2.05) is 12.5 Å². The molecular weight excluding hydrogens is 364 g/mol. The molecule has 0 unspecified atom stereocenters. The van der Waals surface area contributed by atoms with Gasteiger partial charge in [-0.3, -0.25) is 9.52 Å². The smallest absolute Gasteiger partial charge is 0.229 e. The third-order valence-electron chi connectivity index (χ3n) is 4.88. The quantitative estimate of drug-likeness (QED) is 0.699. The lowest BCUT2D eigenvalue weighted by Crippen LogP contribution is -2.37. The van der Waals surface area contributed by atoms with Gasteiger partial charge in [-0.25, -0.2) is 13.4 Å². The summed E-state index contributed by atoms with van der Waals surface area (Å²) in [5, 5.41) is 0. The summed E-state index contributed by atoms with van der Waals surface area (Å²) in [7, 11) is -3.30. The Balaban J connectivity index is 1.45. The molecule has 0 radical (unpaired) electrons. The van der Waals surface area contributed by atoms with Gasteiger partial charge in [0, 0.05) is 36.1 Å². The van der Waals surface area contributed by atoms with E-state index in [-0.39, 0.29) is 11.7 Å². The Hall–Kier alpha value is -2.19. The molecular formula is C19H26N4O3S. The van der Waals surface area contributed by atoms with Gasteiger partial charge >= 0.3 is 0 Å². The first-order chi connectivity index (χ1) is 12.9. The third kappa shape index (κ3) is 5.90. The van der Waals surface area contributed by atoms with Crippen LogP contribution in [0, 0.1) is 5.92 Å². The number of likely N-dealkylation sites (tertiary alicyclic amines) is 1. The normalized spacial score (nSPS) is 16.3. The molecule has 0 atom stereocenters. The lowest BCUT2D eigenvalue weighted by atomic mass is 9.89. The first-order valence-electron chi connectivity index (χ1n) is 9.21. The number of imidazole rings is 1. The predicted octanol–water partition coefficient (Wildman–Crippen LogP) is 2.24. The Morgan fingerprint density at radius 2 is 1.89 bits per heavy atom. The van der Waals surface area contributed by atoms with Gasteiger partial charge in [0.2, 0.25) is 10.0 Å². The van der Waals surface area contributed by atoms with E-state index in [9.17, 15) is 13.2 Å². The molecule has 1 N–H and O–H groups in total. The zero-order valence-corrected chi connectivity index (χ0v) is 16.4. The van der Waals surface area contributed by atoms with Crippen LogP contribution >= 0.6 is 0 Å². The average molecular weight is 391 g/mol. The van der Waals surface area contributed by atoms with E-state index in [1.165, 1.54) is 0 Å². The van der Waals surface area contributed by atoms with Crippen molar-refractivity contribution in [2.45, 2.75) is 25.8 Å². The highest BCUT2D eigenvalue weighted by Crippen LogP contribution is 2.23. The van der Waals surface area contributed by atoms with E-state index < -0.39 is 10.0 Å². The summed E-state index contributed by atoms with van der Waals surface area (Å²) >= 11 is 0. The van der Waals surface area contributed by atoms with Crippen molar-refractivity contribution < 1.29 is 13.2 Å². The van der Waals surface area contributed by atoms with E-state index in [0.717, 1.165) is 51.7 Å². The minimum absolute atomic E-state index is 0.0450. The van der Waals surface area contributed by atoms with Crippen LogP contribution in [-0.2, 0) is 16.6 Å². The molecule has 0 saturated carbocycles. The van der Waals surface area contributed by atoms with Gasteiger partial charge in [0.15, 0.2) is 5.78 Å². The zero-order chi connectivity index (χ0) is 19.3. The lowest BCUT2D eigenvalue weighted by Gasteiger charge is -2.31. The van der Waals surface area contributed by atoms with Crippen molar-refractivity contribution in [3.8, 4) is 0 Å². The SMILES string of the molecule is CS(=O)(=O)Nc1ccc(C(=O)C2CCN(CCCn3ccnc3)CC2)cc1. The van der Waals surface area contributed by atoms with Crippen molar-refractivity contribution in [1.82, 2.24) is 14.5 Å². The van der Waals surface area contributed by atoms with Gasteiger partial charge in [-0.05, 0) is 63.2 Å². The molecule has 0 spiro atoms. The molecule has 2 heterocycles. The van der Waals surface area contributed by atoms with E-state index >= 15 is 0 Å². The van der Waals surface area contributed by atoms with Crippen molar-refractivity contribution in [3.63, 3.8) is 0 Å². The molecule has 0 bridgehead atoms. The fourth-order valence-electron chi connectivity index (χ4n) is 3.47. The van der Waals surface area contributed by atoms with Crippen LogP contribution in [0.5, 0.6) is 0 Å². The molecule has 1 aliphatic rings. The highest BCUT2D eigenvalue weighted by atomic mass is 32.2. The van der Waals surface area contributed by atoms with Gasteiger partial charge < -0.3 is 9.47 Å². The number of aryl methyl sites for hydroxylation is 1. The molecule has 3 rings (SSSR count). The highest BCUT2D eigenvalue weighted by molar-refractivity contribution is 7.92. The van der Waals surface area contributed by atoms with Crippen LogP contribution in [0.1, 0.15) is 29.6 Å². The largest absolute Gasteiger partial charge is 0.337 e. The van der Waals surface area contributed by atoms with E-state index in [0.29, 0.717) is 11.3 Å². The van der Waals surface area contributed by atoms with Crippen molar-refractivity contribution >= 4 is 21.5 Å². The number of hydrogen-bond donors (Lipinski definition) is 1. The number of piperidine rings is 1. The van der Waals surface area contributed by atoms with Gasteiger partial charge in [0.1, 0.15) is 0 Å². The Morgan fingerprint density at radius 3 is 2.48 bits per heavy atom. The molecule has 1 aliphatic heterocycles. The summed E-state index contributed by atoms with van der Waals surface area (Å²) in [6, 6.07) is 6.68. The number of sulfonamides is 1. The second kappa shape index (κ2) is 8.67. The Labute approximate surface area is 160 Å². The number of ketones is 1. The Bertz CT molecular complexity index is 840. The number of benzene rings is 1. The summed E-state index contributed by atoms with van der Waals surface area (Å²) in [4.78, 5) is 19.2. The number of nitrogens with zero attached hydrogens (tertiary/aromatic N) is 3. The lowest BCUT2D eigenvalue weighted by molar-refractivity contribution is 0.0838.